The molecule has 1 spiro atoms. The molecule has 1 saturated heterocycles. The summed E-state index contributed by atoms with van der Waals surface area (Å²) < 4.78 is 11.1. The van der Waals surface area contributed by atoms with E-state index >= 15 is 0 Å². The van der Waals surface area contributed by atoms with Gasteiger partial charge < -0.3 is 14.5 Å². The van der Waals surface area contributed by atoms with Crippen LogP contribution < -0.4 is 5.32 Å². The second kappa shape index (κ2) is 6.91. The van der Waals surface area contributed by atoms with Gasteiger partial charge in [-0.05, 0) is 30.4 Å². The van der Waals surface area contributed by atoms with Crippen molar-refractivity contribution in [2.45, 2.75) is 25.3 Å². The topological polar surface area (TPSA) is 64.4 Å². The van der Waals surface area contributed by atoms with Crippen LogP contribution in [0.15, 0.2) is 65.4 Å². The third-order valence-corrected chi connectivity index (χ3v) is 6.11. The maximum Gasteiger partial charge on any atom is 0.289 e. The minimum absolute atomic E-state index is 0.00449. The first-order chi connectivity index (χ1) is 13.8. The Hall–Kier alpha value is -2.92. The number of aromatic nitrogens is 1. The molecule has 28 heavy (non-hydrogen) atoms. The smallest absolute Gasteiger partial charge is 0.289 e. The molecule has 1 aliphatic carbocycles. The van der Waals surface area contributed by atoms with E-state index in [-0.39, 0.29) is 23.1 Å². The third kappa shape index (κ3) is 2.83. The molecule has 1 N–H and O–H groups in total. The van der Waals surface area contributed by atoms with Crippen LogP contribution >= 0.6 is 0 Å². The minimum atomic E-state index is -0.219. The van der Waals surface area contributed by atoms with Crippen molar-refractivity contribution in [3.05, 3.63) is 77.9 Å². The Morgan fingerprint density at radius 3 is 2.61 bits per heavy atom. The normalized spacial score (nSPS) is 20.1. The van der Waals surface area contributed by atoms with Crippen LogP contribution in [-0.4, -0.2) is 24.1 Å². The summed E-state index contributed by atoms with van der Waals surface area (Å²) in [6.45, 7) is 1.47. The summed E-state index contributed by atoms with van der Waals surface area (Å²) in [4.78, 5) is 17.5. The molecule has 1 fully saturated rings. The Bertz CT molecular complexity index is 990. The third-order valence-electron chi connectivity index (χ3n) is 6.11. The van der Waals surface area contributed by atoms with Gasteiger partial charge in [0.2, 0.25) is 5.76 Å². The molecule has 5 heteroatoms. The van der Waals surface area contributed by atoms with Crippen LogP contribution in [0.5, 0.6) is 0 Å². The molecule has 0 radical (unpaired) electrons. The number of amides is 1. The average Bonchev–Trinajstić information content (AvgIpc) is 3.33. The number of rotatable bonds is 3. The number of hydrogen-bond acceptors (Lipinski definition) is 4. The van der Waals surface area contributed by atoms with Crippen molar-refractivity contribution < 1.29 is 13.9 Å². The van der Waals surface area contributed by atoms with Crippen molar-refractivity contribution in [2.24, 2.45) is 5.41 Å². The Balaban J connectivity index is 1.48. The molecule has 2 aromatic carbocycles. The summed E-state index contributed by atoms with van der Waals surface area (Å²) in [5, 5.41) is 3.28. The van der Waals surface area contributed by atoms with Gasteiger partial charge in [-0.2, -0.15) is 0 Å². The molecule has 5 nitrogen and oxygen atoms in total. The van der Waals surface area contributed by atoms with E-state index in [0.717, 1.165) is 38.0 Å². The van der Waals surface area contributed by atoms with Gasteiger partial charge in [-0.15, -0.1) is 0 Å². The maximum absolute atomic E-state index is 13.2. The number of fused-ring (bicyclic) bond motifs is 1. The van der Waals surface area contributed by atoms with Crippen LogP contribution in [0.25, 0.3) is 11.3 Å². The molecule has 2 heterocycles. The standard InChI is InChI=1S/C23H22N2O3/c26-22(20-19(24-15-28-20)16-6-2-1-3-7-16)25-21-18-9-5-4-8-17(18)14-23(21)10-12-27-13-11-23/h1-9,15,21H,10-14H2,(H,25,26)/t21-/m1/s1. The number of nitrogens with one attached hydrogen (secondary N) is 1. The zero-order valence-electron chi connectivity index (χ0n) is 15.6. The van der Waals surface area contributed by atoms with Gasteiger partial charge in [0, 0.05) is 24.2 Å². The molecule has 5 rings (SSSR count). The summed E-state index contributed by atoms with van der Waals surface area (Å²) in [6.07, 6.45) is 4.19. The second-order valence-electron chi connectivity index (χ2n) is 7.65. The van der Waals surface area contributed by atoms with Gasteiger partial charge in [-0.1, -0.05) is 54.6 Å². The fraction of sp³-hybridized carbons (Fsp3) is 0.304. The number of benzene rings is 2. The van der Waals surface area contributed by atoms with Crippen molar-refractivity contribution >= 4 is 5.91 Å². The largest absolute Gasteiger partial charge is 0.438 e. The molecule has 1 aromatic heterocycles. The Kier molecular flexibility index (Phi) is 4.24. The van der Waals surface area contributed by atoms with E-state index < -0.39 is 0 Å². The zero-order valence-corrected chi connectivity index (χ0v) is 15.6. The molecule has 0 unspecified atom stereocenters. The van der Waals surface area contributed by atoms with E-state index in [9.17, 15) is 4.79 Å². The quantitative estimate of drug-likeness (QED) is 0.747. The van der Waals surface area contributed by atoms with Gasteiger partial charge in [-0.3, -0.25) is 4.79 Å². The van der Waals surface area contributed by atoms with E-state index in [1.54, 1.807) is 0 Å². The molecule has 142 valence electrons. The predicted octanol–water partition coefficient (Wildman–Crippen LogP) is 4.17. The monoisotopic (exact) mass is 374 g/mol. The first-order valence-corrected chi connectivity index (χ1v) is 9.72. The Morgan fingerprint density at radius 2 is 1.79 bits per heavy atom. The summed E-state index contributed by atoms with van der Waals surface area (Å²) >= 11 is 0. The number of hydrogen-bond donors (Lipinski definition) is 1. The van der Waals surface area contributed by atoms with E-state index in [0.29, 0.717) is 5.69 Å². The van der Waals surface area contributed by atoms with Crippen molar-refractivity contribution in [1.29, 1.82) is 0 Å². The van der Waals surface area contributed by atoms with Crippen LogP contribution in [0.3, 0.4) is 0 Å². The lowest BCUT2D eigenvalue weighted by Gasteiger charge is -2.39. The molecule has 0 bridgehead atoms. The van der Waals surface area contributed by atoms with E-state index in [2.05, 4.69) is 28.5 Å². The fourth-order valence-corrected chi connectivity index (χ4v) is 4.67. The van der Waals surface area contributed by atoms with Gasteiger partial charge in [0.05, 0.1) is 6.04 Å². The summed E-state index contributed by atoms with van der Waals surface area (Å²) in [6, 6.07) is 18.0. The van der Waals surface area contributed by atoms with E-state index in [4.69, 9.17) is 9.15 Å². The first-order valence-electron chi connectivity index (χ1n) is 9.72. The van der Waals surface area contributed by atoms with Gasteiger partial charge in [0.1, 0.15) is 5.69 Å². The molecular weight excluding hydrogens is 352 g/mol. The lowest BCUT2D eigenvalue weighted by molar-refractivity contribution is 0.000357. The average molecular weight is 374 g/mol. The highest BCUT2D eigenvalue weighted by molar-refractivity contribution is 5.97. The van der Waals surface area contributed by atoms with Crippen LogP contribution in [0, 0.1) is 5.41 Å². The highest BCUT2D eigenvalue weighted by atomic mass is 16.5. The van der Waals surface area contributed by atoms with Crippen LogP contribution in [0.2, 0.25) is 0 Å². The predicted molar refractivity (Wildman–Crippen MR) is 105 cm³/mol. The molecular formula is C23H22N2O3. The van der Waals surface area contributed by atoms with Crippen LogP contribution in [-0.2, 0) is 11.2 Å². The maximum atomic E-state index is 13.2. The number of carbonyl (C=O) groups excluding carboxylic acids is 1. The van der Waals surface area contributed by atoms with E-state index in [1.807, 2.05) is 36.4 Å². The first kappa shape index (κ1) is 17.2. The molecule has 1 atom stereocenters. The molecule has 1 aliphatic heterocycles. The van der Waals surface area contributed by atoms with Gasteiger partial charge in [0.25, 0.3) is 5.91 Å². The second-order valence-corrected chi connectivity index (χ2v) is 7.65. The van der Waals surface area contributed by atoms with Crippen LogP contribution in [0.1, 0.15) is 40.6 Å². The molecule has 2 aliphatic rings. The lowest BCUT2D eigenvalue weighted by atomic mass is 9.74. The molecule has 0 saturated carbocycles. The highest BCUT2D eigenvalue weighted by Gasteiger charge is 2.47. The van der Waals surface area contributed by atoms with Crippen molar-refractivity contribution in [3.63, 3.8) is 0 Å². The van der Waals surface area contributed by atoms with Crippen molar-refractivity contribution in [3.8, 4) is 11.3 Å². The summed E-state index contributed by atoms with van der Waals surface area (Å²) in [7, 11) is 0. The number of oxazole rings is 1. The minimum Gasteiger partial charge on any atom is -0.438 e. The SMILES string of the molecule is O=C(N[C@@H]1c2ccccc2CC12CCOCC2)c1ocnc1-c1ccccc1. The van der Waals surface area contributed by atoms with Gasteiger partial charge in [-0.25, -0.2) is 4.98 Å². The van der Waals surface area contributed by atoms with Crippen molar-refractivity contribution in [2.75, 3.05) is 13.2 Å². The summed E-state index contributed by atoms with van der Waals surface area (Å²) in [5.41, 5.74) is 3.97. The van der Waals surface area contributed by atoms with E-state index in [1.165, 1.54) is 17.5 Å². The molecule has 1 amide bonds. The zero-order chi connectivity index (χ0) is 19.0. The summed E-state index contributed by atoms with van der Waals surface area (Å²) in [5.74, 6) is 0.0433. The van der Waals surface area contributed by atoms with Gasteiger partial charge >= 0.3 is 0 Å². The number of carbonyl (C=O) groups is 1. The van der Waals surface area contributed by atoms with Crippen LogP contribution in [0.4, 0.5) is 0 Å². The van der Waals surface area contributed by atoms with Crippen molar-refractivity contribution in [1.82, 2.24) is 10.3 Å². The number of nitrogens with zero attached hydrogens (tertiary/aromatic N) is 1. The van der Waals surface area contributed by atoms with Gasteiger partial charge in [0.15, 0.2) is 6.39 Å². The molecule has 3 aromatic rings. The highest BCUT2D eigenvalue weighted by Crippen LogP contribution is 2.51. The fourth-order valence-electron chi connectivity index (χ4n) is 4.67. The number of ether oxygens (including phenoxy) is 1. The Morgan fingerprint density at radius 1 is 1.04 bits per heavy atom. The lowest BCUT2D eigenvalue weighted by Crippen LogP contribution is -2.42. The Labute approximate surface area is 163 Å².